The molecular weight excluding hydrogens is 203 g/mol. The van der Waals surface area contributed by atoms with Gasteiger partial charge in [0.15, 0.2) is 0 Å². The minimum atomic E-state index is -0.140. The van der Waals surface area contributed by atoms with Crippen molar-refractivity contribution >= 4 is 0 Å². The third-order valence-electron chi connectivity index (χ3n) is 2.60. The summed E-state index contributed by atoms with van der Waals surface area (Å²) in [6.45, 7) is 3.54. The van der Waals surface area contributed by atoms with Gasteiger partial charge in [-0.1, -0.05) is 31.5 Å². The second kappa shape index (κ2) is 6.61. The van der Waals surface area contributed by atoms with Crippen LogP contribution in [0.1, 0.15) is 25.3 Å². The molecule has 0 fully saturated rings. The van der Waals surface area contributed by atoms with Crippen LogP contribution in [0.2, 0.25) is 0 Å². The Hall–Kier alpha value is -0.930. The molecule has 0 aliphatic heterocycles. The van der Waals surface area contributed by atoms with E-state index in [4.69, 9.17) is 5.73 Å². The number of halogens is 1. The van der Waals surface area contributed by atoms with Crippen molar-refractivity contribution in [2.45, 2.75) is 32.4 Å². The van der Waals surface area contributed by atoms with Crippen LogP contribution in [-0.4, -0.2) is 24.5 Å². The summed E-state index contributed by atoms with van der Waals surface area (Å²) in [5.41, 5.74) is 6.67. The van der Waals surface area contributed by atoms with Crippen molar-refractivity contribution in [3.05, 3.63) is 35.6 Å². The maximum atomic E-state index is 13.4. The number of rotatable bonds is 6. The molecule has 0 saturated heterocycles. The first kappa shape index (κ1) is 13.1. The molecule has 0 radical (unpaired) electrons. The van der Waals surface area contributed by atoms with Gasteiger partial charge in [0, 0.05) is 24.7 Å². The summed E-state index contributed by atoms with van der Waals surface area (Å²) >= 11 is 0. The van der Waals surface area contributed by atoms with Crippen molar-refractivity contribution in [2.24, 2.45) is 5.73 Å². The first-order chi connectivity index (χ1) is 7.63. The van der Waals surface area contributed by atoms with E-state index < -0.39 is 0 Å². The standard InChI is InChI=1S/C13H21FN2/c1-3-6-12(15)10-16(2)9-11-7-4-5-8-13(11)14/h4-5,7-8,12H,3,6,9-10,15H2,1-2H3. The second-order valence-corrected chi connectivity index (χ2v) is 4.34. The molecule has 1 atom stereocenters. The molecule has 90 valence electrons. The van der Waals surface area contributed by atoms with E-state index >= 15 is 0 Å². The van der Waals surface area contributed by atoms with Gasteiger partial charge in [0.2, 0.25) is 0 Å². The maximum absolute atomic E-state index is 13.4. The van der Waals surface area contributed by atoms with Gasteiger partial charge in [0.25, 0.3) is 0 Å². The van der Waals surface area contributed by atoms with Crippen LogP contribution in [0.15, 0.2) is 24.3 Å². The van der Waals surface area contributed by atoms with Crippen molar-refractivity contribution in [1.82, 2.24) is 4.90 Å². The van der Waals surface area contributed by atoms with E-state index in [1.165, 1.54) is 6.07 Å². The molecule has 1 aromatic carbocycles. The molecule has 0 bridgehead atoms. The highest BCUT2D eigenvalue weighted by Crippen LogP contribution is 2.09. The summed E-state index contributed by atoms with van der Waals surface area (Å²) < 4.78 is 13.4. The average Bonchev–Trinajstić information content (AvgIpc) is 2.21. The Morgan fingerprint density at radius 2 is 2.06 bits per heavy atom. The smallest absolute Gasteiger partial charge is 0.127 e. The molecule has 0 heterocycles. The Bertz CT molecular complexity index is 315. The highest BCUT2D eigenvalue weighted by Gasteiger charge is 2.08. The fourth-order valence-electron chi connectivity index (χ4n) is 1.84. The Morgan fingerprint density at radius 1 is 1.38 bits per heavy atom. The summed E-state index contributed by atoms with van der Waals surface area (Å²) in [6, 6.07) is 7.06. The lowest BCUT2D eigenvalue weighted by atomic mass is 10.1. The van der Waals surface area contributed by atoms with Gasteiger partial charge in [-0.15, -0.1) is 0 Å². The number of benzene rings is 1. The molecule has 0 saturated carbocycles. The van der Waals surface area contributed by atoms with E-state index in [1.807, 2.05) is 19.2 Å². The quantitative estimate of drug-likeness (QED) is 0.804. The van der Waals surface area contributed by atoms with Gasteiger partial charge in [-0.05, 0) is 19.5 Å². The van der Waals surface area contributed by atoms with Crippen LogP contribution in [0.3, 0.4) is 0 Å². The molecule has 1 unspecified atom stereocenters. The van der Waals surface area contributed by atoms with E-state index in [-0.39, 0.29) is 11.9 Å². The summed E-state index contributed by atoms with van der Waals surface area (Å²) in [7, 11) is 1.97. The van der Waals surface area contributed by atoms with Crippen LogP contribution in [-0.2, 0) is 6.54 Å². The highest BCUT2D eigenvalue weighted by molar-refractivity contribution is 5.16. The molecule has 0 aliphatic carbocycles. The van der Waals surface area contributed by atoms with Crippen molar-refractivity contribution in [3.63, 3.8) is 0 Å². The number of nitrogens with two attached hydrogens (primary N) is 1. The average molecular weight is 224 g/mol. The predicted molar refractivity (Wildman–Crippen MR) is 65.6 cm³/mol. The largest absolute Gasteiger partial charge is 0.327 e. The van der Waals surface area contributed by atoms with E-state index in [1.54, 1.807) is 6.07 Å². The summed E-state index contributed by atoms with van der Waals surface area (Å²) in [5, 5.41) is 0. The minimum absolute atomic E-state index is 0.140. The summed E-state index contributed by atoms with van der Waals surface area (Å²) in [4.78, 5) is 2.07. The fourth-order valence-corrected chi connectivity index (χ4v) is 1.84. The van der Waals surface area contributed by atoms with Gasteiger partial charge in [-0.2, -0.15) is 0 Å². The highest BCUT2D eigenvalue weighted by atomic mass is 19.1. The zero-order valence-corrected chi connectivity index (χ0v) is 10.1. The van der Waals surface area contributed by atoms with E-state index in [2.05, 4.69) is 11.8 Å². The number of nitrogens with zero attached hydrogens (tertiary/aromatic N) is 1. The van der Waals surface area contributed by atoms with Gasteiger partial charge in [0.05, 0.1) is 0 Å². The Kier molecular flexibility index (Phi) is 5.43. The van der Waals surface area contributed by atoms with E-state index in [0.717, 1.165) is 24.9 Å². The zero-order chi connectivity index (χ0) is 12.0. The van der Waals surface area contributed by atoms with Gasteiger partial charge in [-0.25, -0.2) is 4.39 Å². The zero-order valence-electron chi connectivity index (χ0n) is 10.1. The molecule has 0 amide bonds. The lowest BCUT2D eigenvalue weighted by Gasteiger charge is -2.21. The number of hydrogen-bond donors (Lipinski definition) is 1. The first-order valence-electron chi connectivity index (χ1n) is 5.81. The van der Waals surface area contributed by atoms with Gasteiger partial charge < -0.3 is 10.6 Å². The van der Waals surface area contributed by atoms with E-state index in [0.29, 0.717) is 6.54 Å². The van der Waals surface area contributed by atoms with Crippen LogP contribution in [0.4, 0.5) is 4.39 Å². The van der Waals surface area contributed by atoms with Crippen LogP contribution in [0, 0.1) is 5.82 Å². The van der Waals surface area contributed by atoms with Crippen LogP contribution in [0.5, 0.6) is 0 Å². The first-order valence-corrected chi connectivity index (χ1v) is 5.81. The maximum Gasteiger partial charge on any atom is 0.127 e. The van der Waals surface area contributed by atoms with E-state index in [9.17, 15) is 4.39 Å². The Morgan fingerprint density at radius 3 is 2.69 bits per heavy atom. The molecule has 2 nitrogen and oxygen atoms in total. The normalized spacial score (nSPS) is 13.1. The van der Waals surface area contributed by atoms with Crippen LogP contribution < -0.4 is 5.73 Å². The molecule has 0 spiro atoms. The lowest BCUT2D eigenvalue weighted by molar-refractivity contribution is 0.293. The predicted octanol–water partition coefficient (Wildman–Crippen LogP) is 2.38. The van der Waals surface area contributed by atoms with Crippen molar-refractivity contribution in [2.75, 3.05) is 13.6 Å². The number of hydrogen-bond acceptors (Lipinski definition) is 2. The van der Waals surface area contributed by atoms with Gasteiger partial charge in [-0.3, -0.25) is 0 Å². The third-order valence-corrected chi connectivity index (χ3v) is 2.60. The fraction of sp³-hybridized carbons (Fsp3) is 0.538. The van der Waals surface area contributed by atoms with Gasteiger partial charge >= 0.3 is 0 Å². The van der Waals surface area contributed by atoms with Gasteiger partial charge in [0.1, 0.15) is 5.82 Å². The topological polar surface area (TPSA) is 29.3 Å². The minimum Gasteiger partial charge on any atom is -0.327 e. The summed E-state index contributed by atoms with van der Waals surface area (Å²) in [6.07, 6.45) is 2.11. The number of likely N-dealkylation sites (N-methyl/N-ethyl adjacent to an activating group) is 1. The van der Waals surface area contributed by atoms with Crippen molar-refractivity contribution in [1.29, 1.82) is 0 Å². The lowest BCUT2D eigenvalue weighted by Crippen LogP contribution is -2.34. The molecule has 2 N–H and O–H groups in total. The molecule has 0 aromatic heterocycles. The van der Waals surface area contributed by atoms with Crippen LogP contribution >= 0.6 is 0 Å². The monoisotopic (exact) mass is 224 g/mol. The molecule has 16 heavy (non-hydrogen) atoms. The summed E-state index contributed by atoms with van der Waals surface area (Å²) in [5.74, 6) is -0.140. The SMILES string of the molecule is CCCC(N)CN(C)Cc1ccccc1F. The molecule has 1 rings (SSSR count). The van der Waals surface area contributed by atoms with Crippen molar-refractivity contribution < 1.29 is 4.39 Å². The molecule has 3 heteroatoms. The second-order valence-electron chi connectivity index (χ2n) is 4.34. The molecule has 0 aliphatic rings. The van der Waals surface area contributed by atoms with Crippen LogP contribution in [0.25, 0.3) is 0 Å². The van der Waals surface area contributed by atoms with Crippen molar-refractivity contribution in [3.8, 4) is 0 Å². The Labute approximate surface area is 97.3 Å². The third kappa shape index (κ3) is 4.29. The molecular formula is C13H21FN2. The molecule has 1 aromatic rings. The Balaban J connectivity index is 2.45.